The summed E-state index contributed by atoms with van der Waals surface area (Å²) in [4.78, 5) is 23.0. The Balaban J connectivity index is 2.34. The Hall–Kier alpha value is -1.80. The van der Waals surface area contributed by atoms with Crippen LogP contribution in [0.25, 0.3) is 0 Å². The number of carbonyl (C=O) groups is 2. The maximum absolute atomic E-state index is 13.6. The molecule has 0 aliphatic rings. The Bertz CT molecular complexity index is 680. The lowest BCUT2D eigenvalue weighted by Gasteiger charge is -2.07. The molecule has 0 unspecified atom stereocenters. The van der Waals surface area contributed by atoms with Crippen LogP contribution in [0.3, 0.4) is 0 Å². The lowest BCUT2D eigenvalue weighted by molar-refractivity contribution is 0.100. The zero-order chi connectivity index (χ0) is 14.9. The molecule has 0 saturated carbocycles. The Morgan fingerprint density at radius 2 is 1.85 bits per heavy atom. The third-order valence-electron chi connectivity index (χ3n) is 2.39. The average Bonchev–Trinajstić information content (AvgIpc) is 2.75. The van der Waals surface area contributed by atoms with E-state index in [0.29, 0.717) is 0 Å². The normalized spacial score (nSPS) is 10.3. The number of nitrogens with one attached hydrogen (secondary N) is 1. The van der Waals surface area contributed by atoms with E-state index >= 15 is 0 Å². The third kappa shape index (κ3) is 2.86. The third-order valence-corrected chi connectivity index (χ3v) is 3.68. The van der Waals surface area contributed by atoms with Crippen molar-refractivity contribution >= 4 is 44.1 Å². The highest BCUT2D eigenvalue weighted by molar-refractivity contribution is 9.10. The number of anilines is 1. The van der Waals surface area contributed by atoms with Gasteiger partial charge >= 0.3 is 0 Å². The first-order chi connectivity index (χ1) is 9.40. The average molecular weight is 361 g/mol. The van der Waals surface area contributed by atoms with Gasteiger partial charge in [0.2, 0.25) is 0 Å². The molecule has 4 nitrogen and oxygen atoms in total. The largest absolute Gasteiger partial charge is 0.366 e. The maximum Gasteiger partial charge on any atom is 0.262 e. The maximum atomic E-state index is 13.6. The van der Waals surface area contributed by atoms with E-state index in [2.05, 4.69) is 21.2 Å². The molecular weight excluding hydrogens is 354 g/mol. The van der Waals surface area contributed by atoms with Gasteiger partial charge in [-0.1, -0.05) is 15.9 Å². The summed E-state index contributed by atoms with van der Waals surface area (Å²) >= 11 is 3.95. The molecule has 0 bridgehead atoms. The molecule has 0 aliphatic heterocycles. The molecule has 2 rings (SSSR count). The monoisotopic (exact) mass is 360 g/mol. The molecule has 0 fully saturated rings. The van der Waals surface area contributed by atoms with E-state index in [0.717, 1.165) is 23.5 Å². The summed E-state index contributed by atoms with van der Waals surface area (Å²) in [5, 5.41) is 3.95. The van der Waals surface area contributed by atoms with Gasteiger partial charge in [0.15, 0.2) is 0 Å². The molecule has 2 amide bonds. The highest BCUT2D eigenvalue weighted by atomic mass is 79.9. The molecule has 1 aromatic heterocycles. The molecule has 20 heavy (non-hydrogen) atoms. The summed E-state index contributed by atoms with van der Waals surface area (Å²) in [5.74, 6) is -3.74. The van der Waals surface area contributed by atoms with Crippen molar-refractivity contribution in [2.45, 2.75) is 0 Å². The second kappa shape index (κ2) is 5.68. The molecule has 1 aromatic carbocycles. The predicted molar refractivity (Wildman–Crippen MR) is 74.8 cm³/mol. The van der Waals surface area contributed by atoms with Crippen LogP contribution in [0.5, 0.6) is 0 Å². The second-order valence-electron chi connectivity index (χ2n) is 3.73. The molecule has 0 atom stereocenters. The van der Waals surface area contributed by atoms with E-state index in [1.54, 1.807) is 0 Å². The number of rotatable bonds is 3. The van der Waals surface area contributed by atoms with Crippen molar-refractivity contribution < 1.29 is 18.4 Å². The Morgan fingerprint density at radius 3 is 2.40 bits per heavy atom. The number of benzene rings is 1. The molecule has 2 aromatic rings. The number of hydrogen-bond acceptors (Lipinski definition) is 3. The fourth-order valence-electron chi connectivity index (χ4n) is 1.52. The zero-order valence-corrected chi connectivity index (χ0v) is 12.1. The van der Waals surface area contributed by atoms with Gasteiger partial charge in [0.25, 0.3) is 11.8 Å². The number of amides is 2. The number of halogens is 3. The summed E-state index contributed by atoms with van der Waals surface area (Å²) in [6, 6.07) is 3.36. The molecule has 0 saturated heterocycles. The van der Waals surface area contributed by atoms with Crippen molar-refractivity contribution in [3.63, 3.8) is 0 Å². The van der Waals surface area contributed by atoms with Crippen molar-refractivity contribution in [3.05, 3.63) is 50.8 Å². The lowest BCUT2D eigenvalue weighted by Crippen LogP contribution is -2.18. The van der Waals surface area contributed by atoms with Crippen molar-refractivity contribution in [3.8, 4) is 0 Å². The van der Waals surface area contributed by atoms with Crippen molar-refractivity contribution in [1.29, 1.82) is 0 Å². The number of thiophene rings is 1. The van der Waals surface area contributed by atoms with Crippen LogP contribution in [0, 0.1) is 11.6 Å². The smallest absolute Gasteiger partial charge is 0.262 e. The van der Waals surface area contributed by atoms with E-state index < -0.39 is 29.0 Å². The summed E-state index contributed by atoms with van der Waals surface area (Å²) < 4.78 is 27.4. The van der Waals surface area contributed by atoms with Gasteiger partial charge in [-0.2, -0.15) is 0 Å². The first kappa shape index (κ1) is 14.6. The lowest BCUT2D eigenvalue weighted by atomic mass is 10.2. The predicted octanol–water partition coefficient (Wildman–Crippen LogP) is 3.14. The Morgan fingerprint density at radius 1 is 1.25 bits per heavy atom. The molecule has 0 spiro atoms. The summed E-state index contributed by atoms with van der Waals surface area (Å²) in [6.07, 6.45) is 0. The van der Waals surface area contributed by atoms with Gasteiger partial charge in [0.05, 0.1) is 5.56 Å². The summed E-state index contributed by atoms with van der Waals surface area (Å²) in [5.41, 5.74) is 4.47. The molecule has 1 heterocycles. The fraction of sp³-hybridized carbons (Fsp3) is 0. The fourth-order valence-corrected chi connectivity index (χ4v) is 2.71. The Kier molecular flexibility index (Phi) is 4.15. The molecule has 3 N–H and O–H groups in total. The minimum Gasteiger partial charge on any atom is -0.366 e. The van der Waals surface area contributed by atoms with E-state index in [9.17, 15) is 18.4 Å². The van der Waals surface area contributed by atoms with Gasteiger partial charge in [0.1, 0.15) is 22.2 Å². The van der Waals surface area contributed by atoms with Gasteiger partial charge in [-0.3, -0.25) is 9.59 Å². The minimum atomic E-state index is -1.01. The van der Waals surface area contributed by atoms with E-state index in [4.69, 9.17) is 5.73 Å². The number of nitrogens with two attached hydrogens (primary N) is 1. The van der Waals surface area contributed by atoms with Crippen LogP contribution in [-0.4, -0.2) is 11.8 Å². The van der Waals surface area contributed by atoms with E-state index in [1.807, 2.05) is 0 Å². The minimum absolute atomic E-state index is 0.0845. The van der Waals surface area contributed by atoms with Gasteiger partial charge in [-0.05, 0) is 23.6 Å². The van der Waals surface area contributed by atoms with Gasteiger partial charge in [-0.25, -0.2) is 8.78 Å². The molecular formula is C12H7BrF2N2O2S. The van der Waals surface area contributed by atoms with Crippen LogP contribution in [0.1, 0.15) is 20.7 Å². The van der Waals surface area contributed by atoms with Gasteiger partial charge in [-0.15, -0.1) is 11.3 Å². The molecule has 104 valence electrons. The SMILES string of the molecule is NC(=O)c1ccsc1NC(=O)c1c(F)cc(Br)cc1F. The highest BCUT2D eigenvalue weighted by Gasteiger charge is 2.20. The quantitative estimate of drug-likeness (QED) is 0.882. The van der Waals surface area contributed by atoms with Crippen LogP contribution in [0.4, 0.5) is 13.8 Å². The molecule has 0 aliphatic carbocycles. The van der Waals surface area contributed by atoms with E-state index in [-0.39, 0.29) is 15.0 Å². The highest BCUT2D eigenvalue weighted by Crippen LogP contribution is 2.25. The summed E-state index contributed by atoms with van der Waals surface area (Å²) in [7, 11) is 0. The van der Waals surface area contributed by atoms with Crippen LogP contribution >= 0.6 is 27.3 Å². The number of hydrogen-bond donors (Lipinski definition) is 2. The molecule has 0 radical (unpaired) electrons. The van der Waals surface area contributed by atoms with Crippen molar-refractivity contribution in [1.82, 2.24) is 0 Å². The zero-order valence-electron chi connectivity index (χ0n) is 9.75. The summed E-state index contributed by atoms with van der Waals surface area (Å²) in [6.45, 7) is 0. The van der Waals surface area contributed by atoms with Crippen LogP contribution in [-0.2, 0) is 0 Å². The number of carbonyl (C=O) groups excluding carboxylic acids is 2. The first-order valence-corrected chi connectivity index (χ1v) is 6.90. The van der Waals surface area contributed by atoms with Crippen LogP contribution in [0.15, 0.2) is 28.1 Å². The topological polar surface area (TPSA) is 72.2 Å². The molecule has 8 heteroatoms. The van der Waals surface area contributed by atoms with E-state index in [1.165, 1.54) is 11.4 Å². The van der Waals surface area contributed by atoms with Crippen LogP contribution in [0.2, 0.25) is 0 Å². The standard InChI is InChI=1S/C12H7BrF2N2O2S/c13-5-3-7(14)9(8(15)4-5)11(19)17-12-6(10(16)18)1-2-20-12/h1-4H,(H2,16,18)(H,17,19). The number of primary amides is 1. The van der Waals surface area contributed by atoms with Crippen molar-refractivity contribution in [2.24, 2.45) is 5.73 Å². The second-order valence-corrected chi connectivity index (χ2v) is 5.56. The van der Waals surface area contributed by atoms with Crippen molar-refractivity contribution in [2.75, 3.05) is 5.32 Å². The van der Waals surface area contributed by atoms with Crippen LogP contribution < -0.4 is 11.1 Å². The first-order valence-electron chi connectivity index (χ1n) is 5.23. The Labute approximate surface area is 124 Å². The van der Waals surface area contributed by atoms with Gasteiger partial charge in [0, 0.05) is 4.47 Å². The van der Waals surface area contributed by atoms with Gasteiger partial charge < -0.3 is 11.1 Å².